The predicted octanol–water partition coefficient (Wildman–Crippen LogP) is 5.53. The number of rotatable bonds is 9. The maximum atomic E-state index is 11.9. The molecule has 2 aromatic carbocycles. The number of halogens is 2. The van der Waals surface area contributed by atoms with Crippen molar-refractivity contribution in [3.8, 4) is 0 Å². The molecule has 2 N–H and O–H groups in total. The summed E-state index contributed by atoms with van der Waals surface area (Å²) in [5.74, 6) is -0.0118. The maximum absolute atomic E-state index is 11.9. The van der Waals surface area contributed by atoms with E-state index < -0.39 is 0 Å². The van der Waals surface area contributed by atoms with Gasteiger partial charge in [-0.25, -0.2) is 0 Å². The molecule has 0 aromatic heterocycles. The molecule has 0 radical (unpaired) electrons. The Hall–Kier alpha value is -1.66. The molecular weight excluding hydrogens is 460 g/mol. The molecule has 138 valence electrons. The van der Waals surface area contributed by atoms with Crippen molar-refractivity contribution < 1.29 is 9.59 Å². The van der Waals surface area contributed by atoms with E-state index in [9.17, 15) is 9.59 Å². The van der Waals surface area contributed by atoms with Gasteiger partial charge in [0.2, 0.25) is 5.91 Å². The van der Waals surface area contributed by atoms with Gasteiger partial charge in [0.25, 0.3) is 5.91 Å². The lowest BCUT2D eigenvalue weighted by atomic mass is 10.1. The van der Waals surface area contributed by atoms with Crippen LogP contribution in [0.25, 0.3) is 0 Å². The highest BCUT2D eigenvalue weighted by atomic mass is 79.9. The second-order valence-electron chi connectivity index (χ2n) is 5.98. The van der Waals surface area contributed by atoms with Crippen LogP contribution in [-0.2, 0) is 4.79 Å². The van der Waals surface area contributed by atoms with Gasteiger partial charge in [-0.05, 0) is 61.4 Å². The molecule has 0 aliphatic carbocycles. The quantitative estimate of drug-likeness (QED) is 0.462. The fourth-order valence-corrected chi connectivity index (χ4v) is 2.95. The van der Waals surface area contributed by atoms with Gasteiger partial charge >= 0.3 is 0 Å². The van der Waals surface area contributed by atoms with Crippen LogP contribution in [0.3, 0.4) is 0 Å². The number of carbonyl (C=O) groups is 2. The number of hydrogen-bond acceptors (Lipinski definition) is 2. The van der Waals surface area contributed by atoms with Crippen LogP contribution in [0.5, 0.6) is 0 Å². The Morgan fingerprint density at radius 1 is 0.769 bits per heavy atom. The summed E-state index contributed by atoms with van der Waals surface area (Å²) in [5, 5.41) is 5.81. The van der Waals surface area contributed by atoms with Crippen LogP contribution in [0.15, 0.2) is 57.5 Å². The first-order valence-corrected chi connectivity index (χ1v) is 10.2. The van der Waals surface area contributed by atoms with Crippen molar-refractivity contribution in [3.63, 3.8) is 0 Å². The summed E-state index contributed by atoms with van der Waals surface area (Å²) < 4.78 is 1.95. The highest BCUT2D eigenvalue weighted by Crippen LogP contribution is 2.15. The average Bonchev–Trinajstić information content (AvgIpc) is 2.63. The van der Waals surface area contributed by atoms with E-state index in [0.717, 1.165) is 40.3 Å². The molecule has 0 aliphatic rings. The zero-order valence-electron chi connectivity index (χ0n) is 14.4. The molecule has 0 saturated heterocycles. The third kappa shape index (κ3) is 7.70. The van der Waals surface area contributed by atoms with Gasteiger partial charge in [0.1, 0.15) is 0 Å². The summed E-state index contributed by atoms with van der Waals surface area (Å²) in [6.07, 6.45) is 4.25. The minimum atomic E-state index is -0.0497. The molecule has 0 aliphatic heterocycles. The molecule has 2 aromatic rings. The second kappa shape index (κ2) is 11.1. The number of unbranched alkanes of at least 4 members (excludes halogenated alkanes) is 3. The molecule has 26 heavy (non-hydrogen) atoms. The molecule has 0 spiro atoms. The zero-order chi connectivity index (χ0) is 18.8. The van der Waals surface area contributed by atoms with Crippen LogP contribution >= 0.6 is 31.9 Å². The number of amides is 2. The number of benzene rings is 2. The normalized spacial score (nSPS) is 10.4. The lowest BCUT2D eigenvalue weighted by Crippen LogP contribution is -2.24. The molecule has 4 nitrogen and oxygen atoms in total. The number of anilines is 1. The van der Waals surface area contributed by atoms with Crippen LogP contribution in [0.4, 0.5) is 5.69 Å². The van der Waals surface area contributed by atoms with E-state index in [1.807, 2.05) is 36.4 Å². The lowest BCUT2D eigenvalue weighted by molar-refractivity contribution is -0.116. The van der Waals surface area contributed by atoms with Gasteiger partial charge < -0.3 is 10.6 Å². The Morgan fingerprint density at radius 3 is 2.00 bits per heavy atom. The predicted molar refractivity (Wildman–Crippen MR) is 112 cm³/mol. The van der Waals surface area contributed by atoms with E-state index in [-0.39, 0.29) is 11.8 Å². The molecule has 0 heterocycles. The van der Waals surface area contributed by atoms with E-state index in [4.69, 9.17) is 0 Å². The Morgan fingerprint density at radius 2 is 1.35 bits per heavy atom. The van der Waals surface area contributed by atoms with Crippen molar-refractivity contribution in [1.29, 1.82) is 0 Å². The molecule has 0 saturated carbocycles. The molecule has 2 amide bonds. The number of hydrogen-bond donors (Lipinski definition) is 2. The van der Waals surface area contributed by atoms with Gasteiger partial charge in [-0.2, -0.15) is 0 Å². The van der Waals surface area contributed by atoms with Gasteiger partial charge in [0.15, 0.2) is 0 Å². The molecule has 0 fully saturated rings. The lowest BCUT2D eigenvalue weighted by Gasteiger charge is -2.06. The summed E-state index contributed by atoms with van der Waals surface area (Å²) in [6.45, 7) is 0.653. The van der Waals surface area contributed by atoms with Gasteiger partial charge in [-0.3, -0.25) is 9.59 Å². The van der Waals surface area contributed by atoms with Crippen molar-refractivity contribution in [2.45, 2.75) is 32.1 Å². The van der Waals surface area contributed by atoms with Gasteiger partial charge in [-0.1, -0.05) is 44.7 Å². The number of carbonyl (C=O) groups excluding carboxylic acids is 2. The fraction of sp³-hybridized carbons (Fsp3) is 0.300. The Bertz CT molecular complexity index is 716. The second-order valence-corrected chi connectivity index (χ2v) is 7.81. The standard InChI is InChI=1S/C20H22Br2N2O2/c21-16-8-6-15(7-9-16)20(26)23-14-4-2-1-3-5-19(25)24-18-12-10-17(22)11-13-18/h6-13H,1-5,14H2,(H,23,26)(H,24,25). The minimum absolute atomic E-state index is 0.0378. The minimum Gasteiger partial charge on any atom is -0.352 e. The molecule has 0 unspecified atom stereocenters. The largest absolute Gasteiger partial charge is 0.352 e. The average molecular weight is 482 g/mol. The molecule has 0 bridgehead atoms. The summed E-state index contributed by atoms with van der Waals surface area (Å²) in [5.41, 5.74) is 1.48. The topological polar surface area (TPSA) is 58.2 Å². The van der Waals surface area contributed by atoms with E-state index in [0.29, 0.717) is 18.5 Å². The Kier molecular flexibility index (Phi) is 8.85. The van der Waals surface area contributed by atoms with Crippen LogP contribution in [0.1, 0.15) is 42.5 Å². The zero-order valence-corrected chi connectivity index (χ0v) is 17.6. The Balaban J connectivity index is 1.52. The monoisotopic (exact) mass is 480 g/mol. The fourth-order valence-electron chi connectivity index (χ4n) is 2.43. The maximum Gasteiger partial charge on any atom is 0.251 e. The molecule has 6 heteroatoms. The van der Waals surface area contributed by atoms with E-state index in [1.165, 1.54) is 0 Å². The van der Waals surface area contributed by atoms with Crippen LogP contribution in [-0.4, -0.2) is 18.4 Å². The van der Waals surface area contributed by atoms with Crippen molar-refractivity contribution in [1.82, 2.24) is 5.32 Å². The summed E-state index contributed by atoms with van der Waals surface area (Å²) in [7, 11) is 0. The van der Waals surface area contributed by atoms with Crippen LogP contribution in [0, 0.1) is 0 Å². The summed E-state index contributed by atoms with van der Waals surface area (Å²) in [6, 6.07) is 14.8. The van der Waals surface area contributed by atoms with Gasteiger partial charge in [0.05, 0.1) is 0 Å². The third-order valence-corrected chi connectivity index (χ3v) is 4.91. The van der Waals surface area contributed by atoms with Gasteiger partial charge in [0, 0.05) is 33.2 Å². The Labute approximate surface area is 171 Å². The van der Waals surface area contributed by atoms with Crippen molar-refractivity contribution in [2.24, 2.45) is 0 Å². The molecule has 2 rings (SSSR count). The van der Waals surface area contributed by atoms with E-state index in [2.05, 4.69) is 42.5 Å². The van der Waals surface area contributed by atoms with Crippen LogP contribution in [0.2, 0.25) is 0 Å². The van der Waals surface area contributed by atoms with Gasteiger partial charge in [-0.15, -0.1) is 0 Å². The smallest absolute Gasteiger partial charge is 0.251 e. The first-order valence-electron chi connectivity index (χ1n) is 8.64. The van der Waals surface area contributed by atoms with E-state index >= 15 is 0 Å². The summed E-state index contributed by atoms with van der Waals surface area (Å²) >= 11 is 6.72. The van der Waals surface area contributed by atoms with Crippen molar-refractivity contribution in [2.75, 3.05) is 11.9 Å². The molecular formula is C20H22Br2N2O2. The van der Waals surface area contributed by atoms with Crippen molar-refractivity contribution >= 4 is 49.4 Å². The third-order valence-electron chi connectivity index (χ3n) is 3.85. The summed E-state index contributed by atoms with van der Waals surface area (Å²) in [4.78, 5) is 23.8. The van der Waals surface area contributed by atoms with E-state index in [1.54, 1.807) is 12.1 Å². The first kappa shape index (κ1) is 20.6. The number of nitrogens with one attached hydrogen (secondary N) is 2. The highest BCUT2D eigenvalue weighted by molar-refractivity contribution is 9.10. The SMILES string of the molecule is O=C(CCCCCCNC(=O)c1ccc(Br)cc1)Nc1ccc(Br)cc1. The van der Waals surface area contributed by atoms with Crippen LogP contribution < -0.4 is 10.6 Å². The highest BCUT2D eigenvalue weighted by Gasteiger charge is 2.05. The molecule has 0 atom stereocenters. The first-order chi connectivity index (χ1) is 12.5. The van der Waals surface area contributed by atoms with Crippen molar-refractivity contribution in [3.05, 3.63) is 63.0 Å².